The Hall–Kier alpha value is -4.59. The zero-order valence-electron chi connectivity index (χ0n) is 22.3. The summed E-state index contributed by atoms with van der Waals surface area (Å²) in [5.74, 6) is -2.66. The number of aliphatic carboxylic acids is 1. The van der Waals surface area contributed by atoms with Crippen LogP contribution < -0.4 is 10.6 Å². The fourth-order valence-corrected chi connectivity index (χ4v) is 3.96. The van der Waals surface area contributed by atoms with Crippen LogP contribution in [0, 0.1) is 0 Å². The van der Waals surface area contributed by atoms with Crippen LogP contribution in [0.15, 0.2) is 36.4 Å². The highest BCUT2D eigenvalue weighted by Gasteiger charge is 2.31. The fraction of sp³-hybridized carbons (Fsp3) is 0.423. The Labute approximate surface area is 230 Å². The number of carbonyl (C=O) groups excluding carboxylic acids is 4. The summed E-state index contributed by atoms with van der Waals surface area (Å²) in [6.45, 7) is 2.55. The van der Waals surface area contributed by atoms with Crippen molar-refractivity contribution in [1.82, 2.24) is 25.1 Å². The van der Waals surface area contributed by atoms with Crippen LogP contribution in [0.1, 0.15) is 30.3 Å². The van der Waals surface area contributed by atoms with Crippen LogP contribution >= 0.6 is 0 Å². The predicted molar refractivity (Wildman–Crippen MR) is 141 cm³/mol. The van der Waals surface area contributed by atoms with Gasteiger partial charge in [0.15, 0.2) is 5.82 Å². The molecule has 1 atom stereocenters. The van der Waals surface area contributed by atoms with E-state index in [4.69, 9.17) is 9.47 Å². The number of ether oxygens (including phenoxy) is 2. The Balaban J connectivity index is 1.81. The van der Waals surface area contributed by atoms with Gasteiger partial charge in [-0.15, -0.1) is 0 Å². The number of rotatable bonds is 11. The number of carboxylic acid groups (broad SMARTS) is 1. The molecular formula is C26H32N6O8. The summed E-state index contributed by atoms with van der Waals surface area (Å²) < 4.78 is 9.83. The van der Waals surface area contributed by atoms with Gasteiger partial charge in [0.05, 0.1) is 6.61 Å². The van der Waals surface area contributed by atoms with E-state index in [9.17, 15) is 29.1 Å². The summed E-state index contributed by atoms with van der Waals surface area (Å²) in [5, 5.41) is 14.4. The van der Waals surface area contributed by atoms with Gasteiger partial charge in [-0.25, -0.2) is 14.8 Å². The number of hydrogen-bond acceptors (Lipinski definition) is 9. The molecular weight excluding hydrogens is 524 g/mol. The third-order valence-corrected chi connectivity index (χ3v) is 5.90. The molecule has 1 aromatic carbocycles. The topological polar surface area (TPSA) is 180 Å². The Morgan fingerprint density at radius 2 is 1.70 bits per heavy atom. The highest BCUT2D eigenvalue weighted by molar-refractivity contribution is 5.98. The summed E-state index contributed by atoms with van der Waals surface area (Å²) in [7, 11) is 1.36. The van der Waals surface area contributed by atoms with E-state index in [-0.39, 0.29) is 69.6 Å². The second kappa shape index (κ2) is 14.5. The maximum atomic E-state index is 13.3. The third kappa shape index (κ3) is 8.46. The van der Waals surface area contributed by atoms with Gasteiger partial charge in [-0.3, -0.25) is 19.2 Å². The van der Waals surface area contributed by atoms with Crippen LogP contribution in [0.5, 0.6) is 0 Å². The lowest BCUT2D eigenvalue weighted by Gasteiger charge is -2.35. The number of piperazine rings is 1. The van der Waals surface area contributed by atoms with Crippen molar-refractivity contribution in [3.8, 4) is 11.4 Å². The van der Waals surface area contributed by atoms with Crippen molar-refractivity contribution in [2.75, 3.05) is 51.8 Å². The minimum absolute atomic E-state index is 0.0459. The first-order valence-electron chi connectivity index (χ1n) is 12.7. The van der Waals surface area contributed by atoms with Crippen LogP contribution in [-0.2, 0) is 23.9 Å². The molecule has 214 valence electrons. The van der Waals surface area contributed by atoms with Crippen LogP contribution in [0.25, 0.3) is 11.4 Å². The molecule has 0 bridgehead atoms. The molecule has 3 rings (SSSR count). The smallest absolute Gasteiger partial charge is 0.409 e. The average Bonchev–Trinajstić information content (AvgIpc) is 2.95. The molecule has 0 aliphatic carbocycles. The van der Waals surface area contributed by atoms with Crippen molar-refractivity contribution in [3.63, 3.8) is 0 Å². The molecule has 3 N–H and O–H groups in total. The number of carboxylic acids is 1. The first-order valence-corrected chi connectivity index (χ1v) is 12.7. The van der Waals surface area contributed by atoms with Crippen LogP contribution in [0.3, 0.4) is 0 Å². The van der Waals surface area contributed by atoms with Gasteiger partial charge in [0.25, 0.3) is 11.8 Å². The van der Waals surface area contributed by atoms with E-state index in [0.29, 0.717) is 5.56 Å². The van der Waals surface area contributed by atoms with E-state index in [1.165, 1.54) is 23.0 Å². The van der Waals surface area contributed by atoms with Gasteiger partial charge in [-0.05, 0) is 13.3 Å². The Morgan fingerprint density at radius 3 is 2.33 bits per heavy atom. The van der Waals surface area contributed by atoms with Crippen molar-refractivity contribution in [3.05, 3.63) is 42.1 Å². The number of benzene rings is 1. The monoisotopic (exact) mass is 556 g/mol. The predicted octanol–water partition coefficient (Wildman–Crippen LogP) is 0.992. The second-order valence-electron chi connectivity index (χ2n) is 8.78. The lowest BCUT2D eigenvalue weighted by molar-refractivity contribution is -0.138. The lowest BCUT2D eigenvalue weighted by Crippen LogP contribution is -2.56. The summed E-state index contributed by atoms with van der Waals surface area (Å²) in [4.78, 5) is 73.6. The molecule has 0 saturated carbocycles. The first-order chi connectivity index (χ1) is 19.2. The standard InChI is InChI=1S/C26H32N6O8/c1-3-40-26(38)32-13-11-31(12-14-32)25(37)18(9-10-22(34)35)28-24(36)19-15-20(29-21(33)16-39-2)30-23(27-19)17-7-5-4-6-8-17/h4-8,15,18H,3,9-14,16H2,1-2H3,(H,28,36)(H,34,35)(H,27,29,30,33). The summed E-state index contributed by atoms with van der Waals surface area (Å²) >= 11 is 0. The van der Waals surface area contributed by atoms with Gasteiger partial charge in [0.2, 0.25) is 5.91 Å². The molecule has 0 radical (unpaired) electrons. The van der Waals surface area contributed by atoms with E-state index in [1.807, 2.05) is 0 Å². The van der Waals surface area contributed by atoms with Crippen LogP contribution in [-0.4, -0.2) is 107 Å². The Kier molecular flexibility index (Phi) is 10.9. The normalized spacial score (nSPS) is 13.8. The molecule has 2 heterocycles. The summed E-state index contributed by atoms with van der Waals surface area (Å²) in [6, 6.07) is 8.87. The molecule has 0 spiro atoms. The lowest BCUT2D eigenvalue weighted by atomic mass is 10.1. The van der Waals surface area contributed by atoms with Crippen molar-refractivity contribution in [1.29, 1.82) is 0 Å². The molecule has 1 saturated heterocycles. The molecule has 2 aromatic rings. The number of nitrogens with zero attached hydrogens (tertiary/aromatic N) is 4. The first kappa shape index (κ1) is 30.0. The summed E-state index contributed by atoms with van der Waals surface area (Å²) in [5.41, 5.74) is 0.444. The number of anilines is 1. The minimum atomic E-state index is -1.17. The van der Waals surface area contributed by atoms with Gasteiger partial charge in [0, 0.05) is 51.3 Å². The van der Waals surface area contributed by atoms with E-state index in [2.05, 4.69) is 20.6 Å². The van der Waals surface area contributed by atoms with Crippen molar-refractivity contribution < 1.29 is 38.6 Å². The van der Waals surface area contributed by atoms with Crippen molar-refractivity contribution in [2.45, 2.75) is 25.8 Å². The second-order valence-corrected chi connectivity index (χ2v) is 8.78. The van der Waals surface area contributed by atoms with E-state index >= 15 is 0 Å². The number of aromatic nitrogens is 2. The molecule has 1 aromatic heterocycles. The molecule has 1 aliphatic heterocycles. The van der Waals surface area contributed by atoms with Crippen molar-refractivity contribution >= 4 is 35.6 Å². The number of nitrogens with one attached hydrogen (secondary N) is 2. The maximum absolute atomic E-state index is 13.3. The average molecular weight is 557 g/mol. The fourth-order valence-electron chi connectivity index (χ4n) is 3.96. The van der Waals surface area contributed by atoms with E-state index in [1.54, 1.807) is 37.3 Å². The highest BCUT2D eigenvalue weighted by atomic mass is 16.6. The van der Waals surface area contributed by atoms with E-state index in [0.717, 1.165) is 0 Å². The SMILES string of the molecule is CCOC(=O)N1CCN(C(=O)C(CCC(=O)O)NC(=O)c2cc(NC(=O)COC)nc(-c3ccccc3)n2)CC1. The van der Waals surface area contributed by atoms with E-state index < -0.39 is 35.8 Å². The summed E-state index contributed by atoms with van der Waals surface area (Å²) in [6.07, 6.45) is -1.00. The van der Waals surface area contributed by atoms with Gasteiger partial charge in [0.1, 0.15) is 24.2 Å². The van der Waals surface area contributed by atoms with Gasteiger partial charge in [-0.1, -0.05) is 30.3 Å². The largest absolute Gasteiger partial charge is 0.481 e. The Morgan fingerprint density at radius 1 is 1.02 bits per heavy atom. The van der Waals surface area contributed by atoms with Gasteiger partial charge >= 0.3 is 12.1 Å². The number of hydrogen-bond donors (Lipinski definition) is 3. The van der Waals surface area contributed by atoms with Gasteiger partial charge in [-0.2, -0.15) is 0 Å². The van der Waals surface area contributed by atoms with Crippen molar-refractivity contribution in [2.24, 2.45) is 0 Å². The molecule has 4 amide bonds. The van der Waals surface area contributed by atoms with Crippen LogP contribution in [0.2, 0.25) is 0 Å². The highest BCUT2D eigenvalue weighted by Crippen LogP contribution is 2.18. The molecule has 1 fully saturated rings. The maximum Gasteiger partial charge on any atom is 0.409 e. The zero-order valence-corrected chi connectivity index (χ0v) is 22.3. The minimum Gasteiger partial charge on any atom is -0.481 e. The quantitative estimate of drug-likeness (QED) is 0.361. The van der Waals surface area contributed by atoms with Crippen LogP contribution in [0.4, 0.5) is 10.6 Å². The molecule has 1 aliphatic rings. The molecule has 14 nitrogen and oxygen atoms in total. The number of methoxy groups -OCH3 is 1. The zero-order chi connectivity index (χ0) is 29.1. The molecule has 40 heavy (non-hydrogen) atoms. The third-order valence-electron chi connectivity index (χ3n) is 5.90. The van der Waals surface area contributed by atoms with Gasteiger partial charge < -0.3 is 35.0 Å². The molecule has 1 unspecified atom stereocenters. The number of carbonyl (C=O) groups is 5. The molecule has 14 heteroatoms. The number of amides is 4. The Bertz CT molecular complexity index is 1220.